The second-order valence-corrected chi connectivity index (χ2v) is 5.92. The maximum absolute atomic E-state index is 6.44. The van der Waals surface area contributed by atoms with Crippen molar-refractivity contribution in [3.05, 3.63) is 52.5 Å². The third-order valence-electron chi connectivity index (χ3n) is 3.69. The van der Waals surface area contributed by atoms with Crippen molar-refractivity contribution < 1.29 is 14.2 Å². The van der Waals surface area contributed by atoms with E-state index in [1.165, 1.54) is 0 Å². The van der Waals surface area contributed by atoms with E-state index in [4.69, 9.17) is 38.0 Å². The first-order chi connectivity index (χ1) is 11.2. The number of thiocarbonyl (C=S) groups is 1. The third kappa shape index (κ3) is 3.00. The van der Waals surface area contributed by atoms with Crippen molar-refractivity contribution >= 4 is 34.5 Å². The Labute approximate surface area is 145 Å². The molecule has 0 amide bonds. The highest BCUT2D eigenvalue weighted by molar-refractivity contribution is 7.80. The van der Waals surface area contributed by atoms with Crippen LogP contribution in [0.15, 0.2) is 36.4 Å². The van der Waals surface area contributed by atoms with Gasteiger partial charge in [0, 0.05) is 21.8 Å². The average molecular weight is 350 g/mol. The van der Waals surface area contributed by atoms with E-state index in [9.17, 15) is 0 Å². The summed E-state index contributed by atoms with van der Waals surface area (Å²) in [5.41, 5.74) is 2.52. The summed E-state index contributed by atoms with van der Waals surface area (Å²) in [6.07, 6.45) is -0.406. The molecular formula is C17H16ClNO3S. The van der Waals surface area contributed by atoms with Crippen LogP contribution in [0.1, 0.15) is 17.2 Å². The summed E-state index contributed by atoms with van der Waals surface area (Å²) in [7, 11) is 3.21. The molecule has 1 aliphatic heterocycles. The molecular weight excluding hydrogens is 334 g/mol. The number of fused-ring (bicyclic) bond motifs is 1. The van der Waals surface area contributed by atoms with Crippen LogP contribution in [0.25, 0.3) is 0 Å². The van der Waals surface area contributed by atoms with Crippen LogP contribution >= 0.6 is 23.8 Å². The molecule has 2 aromatic rings. The Hall–Kier alpha value is -1.82. The number of benzene rings is 2. The molecule has 4 nitrogen and oxygen atoms in total. The van der Waals surface area contributed by atoms with Crippen LogP contribution in [0.2, 0.25) is 5.02 Å². The highest BCUT2D eigenvalue weighted by atomic mass is 35.5. The number of rotatable bonds is 3. The molecule has 0 saturated heterocycles. The minimum atomic E-state index is -0.406. The van der Waals surface area contributed by atoms with Gasteiger partial charge in [0.2, 0.25) is 0 Å². The lowest BCUT2D eigenvalue weighted by atomic mass is 9.98. The van der Waals surface area contributed by atoms with E-state index in [1.54, 1.807) is 14.2 Å². The fourth-order valence-corrected chi connectivity index (χ4v) is 3.16. The minimum Gasteiger partial charge on any atom is -0.493 e. The highest BCUT2D eigenvalue weighted by Gasteiger charge is 2.28. The van der Waals surface area contributed by atoms with E-state index in [2.05, 4.69) is 5.32 Å². The number of hydrogen-bond donors (Lipinski definition) is 1. The summed E-state index contributed by atoms with van der Waals surface area (Å²) in [6, 6.07) is 11.3. The molecule has 3 rings (SSSR count). The molecule has 0 unspecified atom stereocenters. The molecule has 1 aliphatic rings. The van der Waals surface area contributed by atoms with Gasteiger partial charge in [-0.1, -0.05) is 42.0 Å². The normalized spacial score (nSPS) is 17.0. The Balaban J connectivity index is 2.20. The molecule has 2 aromatic carbocycles. The van der Waals surface area contributed by atoms with Gasteiger partial charge in [0.05, 0.1) is 20.8 Å². The first-order valence-corrected chi connectivity index (χ1v) is 7.85. The molecule has 0 saturated carbocycles. The van der Waals surface area contributed by atoms with Crippen molar-refractivity contribution in [2.75, 3.05) is 26.1 Å². The van der Waals surface area contributed by atoms with E-state index in [0.29, 0.717) is 28.1 Å². The van der Waals surface area contributed by atoms with Gasteiger partial charge in [-0.25, -0.2) is 0 Å². The number of anilines is 1. The summed E-state index contributed by atoms with van der Waals surface area (Å²) in [6.45, 7) is 0.297. The van der Waals surface area contributed by atoms with Crippen molar-refractivity contribution in [3.8, 4) is 11.5 Å². The summed E-state index contributed by atoms with van der Waals surface area (Å²) in [5, 5.41) is 3.79. The molecule has 0 aliphatic carbocycles. The van der Waals surface area contributed by atoms with Crippen molar-refractivity contribution in [1.29, 1.82) is 0 Å². The van der Waals surface area contributed by atoms with E-state index in [1.807, 2.05) is 36.4 Å². The maximum atomic E-state index is 6.44. The molecule has 1 N–H and O–H groups in total. The van der Waals surface area contributed by atoms with Crippen LogP contribution in [-0.4, -0.2) is 25.8 Å². The van der Waals surface area contributed by atoms with Crippen LogP contribution in [0.3, 0.4) is 0 Å². The van der Waals surface area contributed by atoms with Gasteiger partial charge < -0.3 is 19.5 Å². The van der Waals surface area contributed by atoms with Gasteiger partial charge in [0.15, 0.2) is 11.5 Å². The van der Waals surface area contributed by atoms with Crippen LogP contribution in [0.4, 0.5) is 5.69 Å². The van der Waals surface area contributed by atoms with Crippen LogP contribution < -0.4 is 14.8 Å². The van der Waals surface area contributed by atoms with Gasteiger partial charge in [-0.2, -0.15) is 0 Å². The Kier molecular flexibility index (Phi) is 4.71. The second kappa shape index (κ2) is 6.74. The van der Waals surface area contributed by atoms with Crippen molar-refractivity contribution in [3.63, 3.8) is 0 Å². The minimum absolute atomic E-state index is 0.297. The van der Waals surface area contributed by atoms with Gasteiger partial charge >= 0.3 is 0 Å². The number of ether oxygens (including phenoxy) is 3. The lowest BCUT2D eigenvalue weighted by Crippen LogP contribution is -2.13. The van der Waals surface area contributed by atoms with E-state index in [0.717, 1.165) is 16.8 Å². The van der Waals surface area contributed by atoms with E-state index < -0.39 is 6.10 Å². The molecule has 0 bridgehead atoms. The highest BCUT2D eigenvalue weighted by Crippen LogP contribution is 2.44. The summed E-state index contributed by atoms with van der Waals surface area (Å²) in [5.74, 6) is 1.26. The molecule has 120 valence electrons. The number of para-hydroxylation sites is 1. The topological polar surface area (TPSA) is 39.7 Å². The number of hydrogen-bond acceptors (Lipinski definition) is 4. The molecule has 0 radical (unpaired) electrons. The predicted molar refractivity (Wildman–Crippen MR) is 95.0 cm³/mol. The van der Waals surface area contributed by atoms with Gasteiger partial charge in [-0.15, -0.1) is 0 Å². The largest absolute Gasteiger partial charge is 0.493 e. The first-order valence-electron chi connectivity index (χ1n) is 7.06. The van der Waals surface area contributed by atoms with Crippen LogP contribution in [0, 0.1) is 0 Å². The standard InChI is InChI=1S/C17H16ClNO3S/c1-20-13-8-3-5-10(16(13)21-2)17-15-11(18)6-4-7-12(15)19-14(23)9-22-17/h3-8,17H,9H2,1-2H3,(H,19,23)/t17-/m1/s1. The average Bonchev–Trinajstić information content (AvgIpc) is 2.73. The molecule has 6 heteroatoms. The Morgan fingerprint density at radius 2 is 1.96 bits per heavy atom. The number of halogens is 1. The zero-order chi connectivity index (χ0) is 16.4. The smallest absolute Gasteiger partial charge is 0.166 e. The maximum Gasteiger partial charge on any atom is 0.166 e. The van der Waals surface area contributed by atoms with Crippen molar-refractivity contribution in [2.45, 2.75) is 6.10 Å². The third-order valence-corrected chi connectivity index (χ3v) is 4.24. The molecule has 0 aromatic heterocycles. The molecule has 0 fully saturated rings. The van der Waals surface area contributed by atoms with Crippen LogP contribution in [-0.2, 0) is 4.74 Å². The fourth-order valence-electron chi connectivity index (χ4n) is 2.70. The van der Waals surface area contributed by atoms with Crippen molar-refractivity contribution in [2.24, 2.45) is 0 Å². The Morgan fingerprint density at radius 3 is 2.70 bits per heavy atom. The SMILES string of the molecule is COc1cccc([C@H]2OCC(=S)Nc3cccc(Cl)c32)c1OC. The monoisotopic (exact) mass is 349 g/mol. The molecule has 23 heavy (non-hydrogen) atoms. The van der Waals surface area contributed by atoms with Crippen LogP contribution in [0.5, 0.6) is 11.5 Å². The van der Waals surface area contributed by atoms with Crippen molar-refractivity contribution in [1.82, 2.24) is 0 Å². The summed E-state index contributed by atoms with van der Waals surface area (Å²) < 4.78 is 17.0. The molecule has 0 spiro atoms. The zero-order valence-electron chi connectivity index (χ0n) is 12.8. The molecule has 1 heterocycles. The Bertz CT molecular complexity index is 751. The van der Waals surface area contributed by atoms with Gasteiger partial charge in [-0.3, -0.25) is 0 Å². The molecule has 1 atom stereocenters. The van der Waals surface area contributed by atoms with E-state index in [-0.39, 0.29) is 0 Å². The van der Waals surface area contributed by atoms with Gasteiger partial charge in [0.1, 0.15) is 11.1 Å². The number of nitrogens with one attached hydrogen (secondary N) is 1. The predicted octanol–water partition coefficient (Wildman–Crippen LogP) is 4.22. The van der Waals surface area contributed by atoms with Gasteiger partial charge in [0.25, 0.3) is 0 Å². The lowest BCUT2D eigenvalue weighted by Gasteiger charge is -2.22. The van der Waals surface area contributed by atoms with E-state index >= 15 is 0 Å². The number of methoxy groups -OCH3 is 2. The first kappa shape index (κ1) is 16.1. The Morgan fingerprint density at radius 1 is 1.17 bits per heavy atom. The van der Waals surface area contributed by atoms with Gasteiger partial charge in [-0.05, 0) is 18.2 Å². The second-order valence-electron chi connectivity index (χ2n) is 5.02. The summed E-state index contributed by atoms with van der Waals surface area (Å²) in [4.78, 5) is 0.609. The fraction of sp³-hybridized carbons (Fsp3) is 0.235. The lowest BCUT2D eigenvalue weighted by molar-refractivity contribution is 0.113. The summed E-state index contributed by atoms with van der Waals surface area (Å²) >= 11 is 11.7. The zero-order valence-corrected chi connectivity index (χ0v) is 14.3. The quantitative estimate of drug-likeness (QED) is 0.840.